The lowest BCUT2D eigenvalue weighted by Gasteiger charge is -2.12. The average Bonchev–Trinajstić information content (AvgIpc) is 2.63. The number of carbonyl (C=O) groups is 1. The highest BCUT2D eigenvalue weighted by molar-refractivity contribution is 14.1. The standard InChI is InChI=1S/C19H16FIN2O3/c1-3-26-18-16(21)9-12(10-17(18)25-2)8-13(11-22)19(24)23-15-6-4-14(20)5-7-15/h4-10H,3H2,1-2H3,(H,23,24)/b13-8-. The quantitative estimate of drug-likeness (QED) is 0.390. The lowest BCUT2D eigenvalue weighted by molar-refractivity contribution is -0.112. The summed E-state index contributed by atoms with van der Waals surface area (Å²) in [7, 11) is 1.52. The van der Waals surface area contributed by atoms with Gasteiger partial charge in [-0.25, -0.2) is 4.39 Å². The molecule has 1 amide bonds. The molecule has 5 nitrogen and oxygen atoms in total. The third-order valence-electron chi connectivity index (χ3n) is 3.32. The van der Waals surface area contributed by atoms with Crippen molar-refractivity contribution in [1.82, 2.24) is 0 Å². The van der Waals surface area contributed by atoms with E-state index in [9.17, 15) is 14.4 Å². The Hall–Kier alpha value is -2.60. The van der Waals surface area contributed by atoms with Crippen molar-refractivity contribution in [2.45, 2.75) is 6.92 Å². The molecule has 7 heteroatoms. The Kier molecular flexibility index (Phi) is 6.97. The zero-order valence-electron chi connectivity index (χ0n) is 14.2. The lowest BCUT2D eigenvalue weighted by Crippen LogP contribution is -2.13. The molecule has 0 atom stereocenters. The minimum absolute atomic E-state index is 0.0867. The van der Waals surface area contributed by atoms with Crippen LogP contribution in [0.5, 0.6) is 11.5 Å². The molecule has 2 rings (SSSR count). The van der Waals surface area contributed by atoms with Gasteiger partial charge in [0, 0.05) is 5.69 Å². The van der Waals surface area contributed by atoms with Gasteiger partial charge in [-0.2, -0.15) is 5.26 Å². The van der Waals surface area contributed by atoms with E-state index in [1.807, 2.05) is 13.0 Å². The maximum atomic E-state index is 12.9. The van der Waals surface area contributed by atoms with Crippen molar-refractivity contribution in [1.29, 1.82) is 5.26 Å². The number of benzene rings is 2. The van der Waals surface area contributed by atoms with Gasteiger partial charge in [-0.05, 0) is 77.6 Å². The maximum absolute atomic E-state index is 12.9. The Morgan fingerprint density at radius 1 is 1.35 bits per heavy atom. The van der Waals surface area contributed by atoms with Gasteiger partial charge < -0.3 is 14.8 Å². The molecule has 0 bridgehead atoms. The number of nitrogens with zero attached hydrogens (tertiary/aromatic N) is 1. The van der Waals surface area contributed by atoms with Gasteiger partial charge >= 0.3 is 0 Å². The molecule has 0 saturated carbocycles. The second-order valence-electron chi connectivity index (χ2n) is 5.10. The number of carbonyl (C=O) groups excluding carboxylic acids is 1. The van der Waals surface area contributed by atoms with Gasteiger partial charge in [0.15, 0.2) is 11.5 Å². The van der Waals surface area contributed by atoms with Crippen LogP contribution in [0.3, 0.4) is 0 Å². The van der Waals surface area contributed by atoms with Crippen LogP contribution in [0.1, 0.15) is 12.5 Å². The first-order chi connectivity index (χ1) is 12.5. The largest absolute Gasteiger partial charge is 0.493 e. The number of ether oxygens (including phenoxy) is 2. The second-order valence-corrected chi connectivity index (χ2v) is 6.26. The number of nitrogens with one attached hydrogen (secondary N) is 1. The van der Waals surface area contributed by atoms with Crippen LogP contribution in [0.4, 0.5) is 10.1 Å². The molecule has 0 aromatic heterocycles. The van der Waals surface area contributed by atoms with Crippen LogP contribution in [0.25, 0.3) is 6.08 Å². The number of nitriles is 1. The van der Waals surface area contributed by atoms with Gasteiger partial charge in [-0.3, -0.25) is 4.79 Å². The molecule has 0 saturated heterocycles. The molecular formula is C19H16FIN2O3. The Morgan fingerprint density at radius 2 is 2.04 bits per heavy atom. The van der Waals surface area contributed by atoms with Crippen molar-refractivity contribution in [3.63, 3.8) is 0 Å². The second kappa shape index (κ2) is 9.20. The summed E-state index contributed by atoms with van der Waals surface area (Å²) in [6, 6.07) is 10.7. The van der Waals surface area contributed by atoms with E-state index in [4.69, 9.17) is 9.47 Å². The number of hydrogen-bond acceptors (Lipinski definition) is 4. The van der Waals surface area contributed by atoms with Crippen molar-refractivity contribution in [2.75, 3.05) is 19.0 Å². The number of hydrogen-bond donors (Lipinski definition) is 1. The van der Waals surface area contributed by atoms with Crippen molar-refractivity contribution >= 4 is 40.3 Å². The Labute approximate surface area is 164 Å². The van der Waals surface area contributed by atoms with E-state index in [-0.39, 0.29) is 5.57 Å². The molecule has 0 unspecified atom stereocenters. The highest BCUT2D eigenvalue weighted by Gasteiger charge is 2.13. The van der Waals surface area contributed by atoms with E-state index in [2.05, 4.69) is 27.9 Å². The molecule has 0 aliphatic rings. The summed E-state index contributed by atoms with van der Waals surface area (Å²) in [5.41, 5.74) is 0.938. The first-order valence-corrected chi connectivity index (χ1v) is 8.75. The van der Waals surface area contributed by atoms with E-state index in [1.165, 1.54) is 37.5 Å². The van der Waals surface area contributed by atoms with Crippen molar-refractivity contribution in [3.05, 3.63) is 56.9 Å². The molecule has 134 valence electrons. The Bertz CT molecular complexity index is 874. The van der Waals surface area contributed by atoms with Gasteiger partial charge in [-0.1, -0.05) is 0 Å². The van der Waals surface area contributed by atoms with Crippen LogP contribution >= 0.6 is 22.6 Å². The molecule has 26 heavy (non-hydrogen) atoms. The molecule has 0 radical (unpaired) electrons. The van der Waals surface area contributed by atoms with Gasteiger partial charge in [0.25, 0.3) is 5.91 Å². The molecule has 0 fully saturated rings. The zero-order valence-corrected chi connectivity index (χ0v) is 16.3. The highest BCUT2D eigenvalue weighted by Crippen LogP contribution is 2.34. The Morgan fingerprint density at radius 3 is 2.62 bits per heavy atom. The van der Waals surface area contributed by atoms with Gasteiger partial charge in [0.1, 0.15) is 17.5 Å². The third kappa shape index (κ3) is 4.95. The maximum Gasteiger partial charge on any atom is 0.266 e. The highest BCUT2D eigenvalue weighted by atomic mass is 127. The first-order valence-electron chi connectivity index (χ1n) is 7.67. The van der Waals surface area contributed by atoms with E-state index in [0.717, 1.165) is 3.57 Å². The average molecular weight is 466 g/mol. The number of amides is 1. The van der Waals surface area contributed by atoms with E-state index < -0.39 is 11.7 Å². The fraction of sp³-hybridized carbons (Fsp3) is 0.158. The molecule has 2 aromatic carbocycles. The normalized spacial score (nSPS) is 10.8. The van der Waals surface area contributed by atoms with E-state index in [1.54, 1.807) is 12.1 Å². The summed E-state index contributed by atoms with van der Waals surface area (Å²) in [4.78, 5) is 12.3. The predicted octanol–water partition coefficient (Wildman–Crippen LogP) is 4.38. The molecule has 0 heterocycles. The third-order valence-corrected chi connectivity index (χ3v) is 4.12. The van der Waals surface area contributed by atoms with Crippen LogP contribution in [0, 0.1) is 20.7 Å². The van der Waals surface area contributed by atoms with Crippen LogP contribution in [-0.4, -0.2) is 19.6 Å². The van der Waals surface area contributed by atoms with Crippen molar-refractivity contribution < 1.29 is 18.7 Å². The number of rotatable bonds is 6. The van der Waals surface area contributed by atoms with Crippen molar-refractivity contribution in [2.24, 2.45) is 0 Å². The first kappa shape index (κ1) is 19.7. The van der Waals surface area contributed by atoms with Crippen LogP contribution in [0.2, 0.25) is 0 Å². The zero-order chi connectivity index (χ0) is 19.1. The number of halogens is 2. The summed E-state index contributed by atoms with van der Waals surface area (Å²) >= 11 is 2.10. The fourth-order valence-electron chi connectivity index (χ4n) is 2.15. The minimum atomic E-state index is -0.582. The molecule has 0 spiro atoms. The number of anilines is 1. The van der Waals surface area contributed by atoms with Crippen LogP contribution in [-0.2, 0) is 4.79 Å². The summed E-state index contributed by atoms with van der Waals surface area (Å²) in [6.45, 7) is 2.36. The summed E-state index contributed by atoms with van der Waals surface area (Å²) in [5, 5.41) is 11.9. The Balaban J connectivity index is 2.30. The van der Waals surface area contributed by atoms with Crippen LogP contribution in [0.15, 0.2) is 42.0 Å². The van der Waals surface area contributed by atoms with Crippen molar-refractivity contribution in [3.8, 4) is 17.6 Å². The molecule has 2 aromatic rings. The monoisotopic (exact) mass is 466 g/mol. The molecule has 0 aliphatic heterocycles. The molecule has 0 aliphatic carbocycles. The van der Waals surface area contributed by atoms with Gasteiger partial charge in [-0.15, -0.1) is 0 Å². The summed E-state index contributed by atoms with van der Waals surface area (Å²) in [6.07, 6.45) is 1.46. The number of methoxy groups -OCH3 is 1. The minimum Gasteiger partial charge on any atom is -0.493 e. The topological polar surface area (TPSA) is 71.3 Å². The molecule has 1 N–H and O–H groups in total. The predicted molar refractivity (Wildman–Crippen MR) is 105 cm³/mol. The van der Waals surface area contributed by atoms with E-state index >= 15 is 0 Å². The lowest BCUT2D eigenvalue weighted by atomic mass is 10.1. The molecular weight excluding hydrogens is 450 g/mol. The van der Waals surface area contributed by atoms with Crippen LogP contribution < -0.4 is 14.8 Å². The summed E-state index contributed by atoms with van der Waals surface area (Å²) in [5.74, 6) is 0.139. The summed E-state index contributed by atoms with van der Waals surface area (Å²) < 4.78 is 24.6. The smallest absolute Gasteiger partial charge is 0.266 e. The van der Waals surface area contributed by atoms with Gasteiger partial charge in [0.05, 0.1) is 17.3 Å². The fourth-order valence-corrected chi connectivity index (χ4v) is 2.94. The SMILES string of the molecule is CCOc1c(I)cc(/C=C(/C#N)C(=O)Nc2ccc(F)cc2)cc1OC. The van der Waals surface area contributed by atoms with E-state index in [0.29, 0.717) is 29.4 Å². The van der Waals surface area contributed by atoms with Gasteiger partial charge in [0.2, 0.25) is 0 Å².